The number of nitrogens with two attached hydrogens (primary N) is 1. The monoisotopic (exact) mass is 289 g/mol. The van der Waals surface area contributed by atoms with Crippen LogP contribution in [0.5, 0.6) is 0 Å². The van der Waals surface area contributed by atoms with E-state index < -0.39 is 0 Å². The van der Waals surface area contributed by atoms with E-state index in [2.05, 4.69) is 16.9 Å². The highest BCUT2D eigenvalue weighted by atomic mass is 16.2. The van der Waals surface area contributed by atoms with Gasteiger partial charge in [-0.25, -0.2) is 9.48 Å². The molecule has 0 bridgehead atoms. The van der Waals surface area contributed by atoms with Gasteiger partial charge < -0.3 is 10.6 Å². The zero-order valence-electron chi connectivity index (χ0n) is 12.5. The van der Waals surface area contributed by atoms with E-state index in [1.54, 1.807) is 15.3 Å². The molecule has 3 heterocycles. The minimum absolute atomic E-state index is 0.0636. The quantitative estimate of drug-likeness (QED) is 0.885. The lowest BCUT2D eigenvalue weighted by Gasteiger charge is -2.36. The summed E-state index contributed by atoms with van der Waals surface area (Å²) in [7, 11) is 0. The van der Waals surface area contributed by atoms with Gasteiger partial charge in [0, 0.05) is 19.3 Å². The molecule has 6 heteroatoms. The highest BCUT2D eigenvalue weighted by Crippen LogP contribution is 2.21. The van der Waals surface area contributed by atoms with Crippen LogP contribution in [0.1, 0.15) is 13.3 Å². The Morgan fingerprint density at radius 1 is 1.38 bits per heavy atom. The van der Waals surface area contributed by atoms with Crippen LogP contribution in [-0.2, 0) is 6.54 Å². The van der Waals surface area contributed by atoms with E-state index in [1.165, 1.54) is 6.42 Å². The molecule has 2 unspecified atom stereocenters. The summed E-state index contributed by atoms with van der Waals surface area (Å²) >= 11 is 0. The average Bonchev–Trinajstić information content (AvgIpc) is 2.83. The van der Waals surface area contributed by atoms with Gasteiger partial charge in [-0.2, -0.15) is 0 Å². The molecule has 2 N–H and O–H groups in total. The molecule has 21 heavy (non-hydrogen) atoms. The Kier molecular flexibility index (Phi) is 4.07. The van der Waals surface area contributed by atoms with Crippen molar-refractivity contribution in [2.45, 2.75) is 19.9 Å². The van der Waals surface area contributed by atoms with Crippen molar-refractivity contribution in [3.63, 3.8) is 0 Å². The third kappa shape index (κ3) is 2.87. The number of hydrogen-bond acceptors (Lipinski definition) is 4. The lowest BCUT2D eigenvalue weighted by Crippen LogP contribution is -2.44. The van der Waals surface area contributed by atoms with Crippen molar-refractivity contribution in [2.75, 3.05) is 26.2 Å². The predicted octanol–water partition coefficient (Wildman–Crippen LogP) is 0.413. The Morgan fingerprint density at radius 2 is 2.24 bits per heavy atom. The van der Waals surface area contributed by atoms with Gasteiger partial charge in [0.15, 0.2) is 5.65 Å². The Labute approximate surface area is 124 Å². The molecule has 0 saturated carbocycles. The molecule has 6 nitrogen and oxygen atoms in total. The van der Waals surface area contributed by atoms with E-state index in [4.69, 9.17) is 5.73 Å². The maximum absolute atomic E-state index is 12.2. The molecule has 2 aromatic heterocycles. The van der Waals surface area contributed by atoms with Gasteiger partial charge in [0.1, 0.15) is 0 Å². The van der Waals surface area contributed by atoms with Gasteiger partial charge in [0.25, 0.3) is 0 Å². The standard InChI is InChI=1S/C15H23N5O/c1-12-5-7-18(11-13(12)10-16)8-9-20-15(21)19-6-3-2-4-14(19)17-20/h2-4,6,12-13H,5,7-11,16H2,1H3. The van der Waals surface area contributed by atoms with Crippen LogP contribution in [0.25, 0.3) is 5.65 Å². The molecule has 2 aromatic rings. The van der Waals surface area contributed by atoms with Gasteiger partial charge in [0.2, 0.25) is 0 Å². The third-order valence-electron chi connectivity index (χ3n) is 4.62. The summed E-state index contributed by atoms with van der Waals surface area (Å²) in [5.74, 6) is 1.26. The number of piperidine rings is 1. The van der Waals surface area contributed by atoms with Crippen LogP contribution in [0.3, 0.4) is 0 Å². The van der Waals surface area contributed by atoms with Crippen molar-refractivity contribution in [2.24, 2.45) is 17.6 Å². The van der Waals surface area contributed by atoms with E-state index in [0.29, 0.717) is 24.0 Å². The first-order chi connectivity index (χ1) is 10.2. The highest BCUT2D eigenvalue weighted by molar-refractivity contribution is 5.35. The fraction of sp³-hybridized carbons (Fsp3) is 0.600. The molecule has 1 saturated heterocycles. The van der Waals surface area contributed by atoms with Crippen LogP contribution in [0.4, 0.5) is 0 Å². The van der Waals surface area contributed by atoms with Crippen molar-refractivity contribution in [1.82, 2.24) is 19.1 Å². The molecule has 1 aliphatic rings. The van der Waals surface area contributed by atoms with Gasteiger partial charge in [-0.3, -0.25) is 4.40 Å². The highest BCUT2D eigenvalue weighted by Gasteiger charge is 2.24. The van der Waals surface area contributed by atoms with Crippen LogP contribution in [0.15, 0.2) is 29.2 Å². The maximum Gasteiger partial charge on any atom is 0.350 e. The van der Waals surface area contributed by atoms with E-state index in [-0.39, 0.29) is 5.69 Å². The van der Waals surface area contributed by atoms with E-state index in [9.17, 15) is 4.79 Å². The molecule has 0 radical (unpaired) electrons. The number of hydrogen-bond donors (Lipinski definition) is 1. The number of rotatable bonds is 4. The topological polar surface area (TPSA) is 68.6 Å². The Morgan fingerprint density at radius 3 is 3.00 bits per heavy atom. The summed E-state index contributed by atoms with van der Waals surface area (Å²) in [6, 6.07) is 5.59. The molecule has 0 aliphatic carbocycles. The van der Waals surface area contributed by atoms with Crippen molar-refractivity contribution in [3.05, 3.63) is 34.9 Å². The molecule has 0 amide bonds. The second-order valence-corrected chi connectivity index (χ2v) is 6.00. The second kappa shape index (κ2) is 5.99. The number of likely N-dealkylation sites (tertiary alicyclic amines) is 1. The first kappa shape index (κ1) is 14.3. The van der Waals surface area contributed by atoms with Gasteiger partial charge in [-0.05, 0) is 43.5 Å². The molecule has 3 rings (SSSR count). The molecule has 2 atom stereocenters. The lowest BCUT2D eigenvalue weighted by molar-refractivity contribution is 0.127. The van der Waals surface area contributed by atoms with Crippen LogP contribution in [0.2, 0.25) is 0 Å². The number of nitrogens with zero attached hydrogens (tertiary/aromatic N) is 4. The molecule has 1 aliphatic heterocycles. The van der Waals surface area contributed by atoms with E-state index >= 15 is 0 Å². The van der Waals surface area contributed by atoms with Crippen LogP contribution in [-0.4, -0.2) is 45.3 Å². The minimum Gasteiger partial charge on any atom is -0.330 e. The number of fused-ring (bicyclic) bond motifs is 1. The average molecular weight is 289 g/mol. The predicted molar refractivity (Wildman–Crippen MR) is 82.2 cm³/mol. The third-order valence-corrected chi connectivity index (χ3v) is 4.62. The largest absolute Gasteiger partial charge is 0.350 e. The molecule has 0 spiro atoms. The lowest BCUT2D eigenvalue weighted by atomic mass is 9.87. The summed E-state index contributed by atoms with van der Waals surface area (Å²) in [6.07, 6.45) is 2.94. The Bertz CT molecular complexity index is 661. The van der Waals surface area contributed by atoms with E-state index in [0.717, 1.165) is 26.2 Å². The van der Waals surface area contributed by atoms with Gasteiger partial charge >= 0.3 is 5.69 Å². The zero-order chi connectivity index (χ0) is 14.8. The molecule has 114 valence electrons. The molecular formula is C15H23N5O. The van der Waals surface area contributed by atoms with Crippen molar-refractivity contribution < 1.29 is 0 Å². The van der Waals surface area contributed by atoms with Gasteiger partial charge in [-0.1, -0.05) is 13.0 Å². The minimum atomic E-state index is -0.0636. The fourth-order valence-corrected chi connectivity index (χ4v) is 3.08. The van der Waals surface area contributed by atoms with Gasteiger partial charge in [-0.15, -0.1) is 5.10 Å². The summed E-state index contributed by atoms with van der Waals surface area (Å²) in [4.78, 5) is 14.6. The zero-order valence-corrected chi connectivity index (χ0v) is 12.5. The normalized spacial score (nSPS) is 23.7. The molecule has 0 aromatic carbocycles. The maximum atomic E-state index is 12.2. The van der Waals surface area contributed by atoms with Crippen molar-refractivity contribution in [1.29, 1.82) is 0 Å². The first-order valence-corrected chi connectivity index (χ1v) is 7.65. The number of pyridine rings is 1. The first-order valence-electron chi connectivity index (χ1n) is 7.65. The Balaban J connectivity index is 1.67. The van der Waals surface area contributed by atoms with Crippen LogP contribution >= 0.6 is 0 Å². The van der Waals surface area contributed by atoms with Crippen LogP contribution < -0.4 is 11.4 Å². The summed E-state index contributed by atoms with van der Waals surface area (Å²) in [6.45, 7) is 6.62. The summed E-state index contributed by atoms with van der Waals surface area (Å²) in [5.41, 5.74) is 6.48. The Hall–Kier alpha value is -1.66. The second-order valence-electron chi connectivity index (χ2n) is 6.00. The molecule has 1 fully saturated rings. The molecular weight excluding hydrogens is 266 g/mol. The van der Waals surface area contributed by atoms with Gasteiger partial charge in [0.05, 0.1) is 6.54 Å². The van der Waals surface area contributed by atoms with Crippen LogP contribution in [0, 0.1) is 11.8 Å². The fourth-order valence-electron chi connectivity index (χ4n) is 3.08. The summed E-state index contributed by atoms with van der Waals surface area (Å²) < 4.78 is 3.14. The van der Waals surface area contributed by atoms with Crippen molar-refractivity contribution in [3.8, 4) is 0 Å². The smallest absolute Gasteiger partial charge is 0.330 e. The summed E-state index contributed by atoms with van der Waals surface area (Å²) in [5, 5.41) is 4.37. The number of aromatic nitrogens is 3. The SMILES string of the molecule is CC1CCN(CCn2nc3ccccn3c2=O)CC1CN. The van der Waals surface area contributed by atoms with Crippen molar-refractivity contribution >= 4 is 5.65 Å². The van der Waals surface area contributed by atoms with E-state index in [1.807, 2.05) is 18.2 Å².